The van der Waals surface area contributed by atoms with Crippen LogP contribution in [0.15, 0.2) is 45.3 Å². The highest BCUT2D eigenvalue weighted by Crippen LogP contribution is 2.39. The summed E-state index contributed by atoms with van der Waals surface area (Å²) >= 11 is 13.6. The third-order valence-corrected chi connectivity index (χ3v) is 4.77. The van der Waals surface area contributed by atoms with E-state index in [0.717, 1.165) is 20.9 Å². The first-order chi connectivity index (χ1) is 10.0. The van der Waals surface area contributed by atoms with Crippen molar-refractivity contribution in [3.05, 3.63) is 56.5 Å². The number of benzene rings is 2. The Morgan fingerprint density at radius 2 is 1.57 bits per heavy atom. The third-order valence-electron chi connectivity index (χ3n) is 3.17. The van der Waals surface area contributed by atoms with Gasteiger partial charge in [-0.05, 0) is 41.8 Å². The zero-order valence-corrected chi connectivity index (χ0v) is 15.6. The van der Waals surface area contributed by atoms with Crippen LogP contribution in [-0.4, -0.2) is 14.2 Å². The van der Waals surface area contributed by atoms with E-state index in [0.29, 0.717) is 11.5 Å². The molecule has 0 amide bonds. The molecule has 112 valence electrons. The van der Waals surface area contributed by atoms with Crippen molar-refractivity contribution in [3.63, 3.8) is 0 Å². The molecule has 0 fully saturated rings. The van der Waals surface area contributed by atoms with Gasteiger partial charge in [-0.1, -0.05) is 44.0 Å². The van der Waals surface area contributed by atoms with Gasteiger partial charge in [0.05, 0.1) is 19.6 Å². The largest absolute Gasteiger partial charge is 0.493 e. The molecule has 0 aliphatic rings. The topological polar surface area (TPSA) is 18.5 Å². The van der Waals surface area contributed by atoms with E-state index in [1.165, 1.54) is 5.56 Å². The molecule has 0 aromatic heterocycles. The van der Waals surface area contributed by atoms with E-state index in [4.69, 9.17) is 21.1 Å². The molecule has 0 bridgehead atoms. The monoisotopic (exact) mass is 432 g/mol. The number of ether oxygens (including phenoxy) is 2. The predicted octanol–water partition coefficient (Wildman–Crippen LogP) is 5.75. The Kier molecular flexibility index (Phi) is 5.97. The fourth-order valence-electron chi connectivity index (χ4n) is 2.05. The van der Waals surface area contributed by atoms with Gasteiger partial charge in [-0.2, -0.15) is 0 Å². The summed E-state index contributed by atoms with van der Waals surface area (Å²) in [5.41, 5.74) is 2.16. The average molecular weight is 435 g/mol. The summed E-state index contributed by atoms with van der Waals surface area (Å²) in [6.45, 7) is 0. The van der Waals surface area contributed by atoms with Crippen LogP contribution < -0.4 is 9.47 Å². The number of hydrogen-bond acceptors (Lipinski definition) is 2. The quantitative estimate of drug-likeness (QED) is 0.558. The molecule has 2 nitrogen and oxygen atoms in total. The van der Waals surface area contributed by atoms with Gasteiger partial charge in [0.2, 0.25) is 0 Å². The van der Waals surface area contributed by atoms with E-state index >= 15 is 0 Å². The van der Waals surface area contributed by atoms with E-state index in [1.807, 2.05) is 24.3 Å². The van der Waals surface area contributed by atoms with Crippen LogP contribution in [-0.2, 0) is 6.42 Å². The molecule has 2 aromatic rings. The van der Waals surface area contributed by atoms with Gasteiger partial charge in [-0.3, -0.25) is 0 Å². The Morgan fingerprint density at radius 3 is 2.14 bits per heavy atom. The van der Waals surface area contributed by atoms with Crippen molar-refractivity contribution in [2.75, 3.05) is 14.2 Å². The van der Waals surface area contributed by atoms with Gasteiger partial charge >= 0.3 is 0 Å². The molecule has 2 rings (SSSR count). The van der Waals surface area contributed by atoms with Crippen molar-refractivity contribution >= 4 is 43.5 Å². The van der Waals surface area contributed by atoms with Crippen molar-refractivity contribution in [2.45, 2.75) is 11.8 Å². The maximum Gasteiger partial charge on any atom is 0.161 e. The van der Waals surface area contributed by atoms with E-state index in [2.05, 4.69) is 44.0 Å². The van der Waals surface area contributed by atoms with Crippen LogP contribution in [0.1, 0.15) is 16.5 Å². The minimum absolute atomic E-state index is 0.152. The lowest BCUT2D eigenvalue weighted by atomic mass is 10.0. The Bertz CT molecular complexity index is 614. The fraction of sp³-hybridized carbons (Fsp3) is 0.250. The molecule has 0 radical (unpaired) electrons. The number of halogens is 3. The maximum absolute atomic E-state index is 6.57. The van der Waals surface area contributed by atoms with Crippen LogP contribution in [0.4, 0.5) is 0 Å². The Balaban J connectivity index is 2.26. The molecule has 0 spiro atoms. The first kappa shape index (κ1) is 16.7. The summed E-state index contributed by atoms with van der Waals surface area (Å²) < 4.78 is 12.6. The normalized spacial score (nSPS) is 12.0. The van der Waals surface area contributed by atoms with Gasteiger partial charge in [-0.15, -0.1) is 11.6 Å². The zero-order chi connectivity index (χ0) is 15.4. The molecule has 0 N–H and O–H groups in total. The summed E-state index contributed by atoms with van der Waals surface area (Å²) in [4.78, 5) is 0. The van der Waals surface area contributed by atoms with Gasteiger partial charge < -0.3 is 9.47 Å². The molecular formula is C16H15Br2ClO2. The second kappa shape index (κ2) is 7.52. The minimum atomic E-state index is -0.152. The molecule has 1 unspecified atom stereocenters. The van der Waals surface area contributed by atoms with E-state index < -0.39 is 0 Å². The van der Waals surface area contributed by atoms with Crippen LogP contribution in [0, 0.1) is 0 Å². The second-order valence-corrected chi connectivity index (χ2v) is 6.82. The van der Waals surface area contributed by atoms with Crippen LogP contribution in [0.25, 0.3) is 0 Å². The van der Waals surface area contributed by atoms with Crippen molar-refractivity contribution in [1.82, 2.24) is 0 Å². The second-order valence-electron chi connectivity index (χ2n) is 4.53. The van der Waals surface area contributed by atoms with Gasteiger partial charge in [0, 0.05) is 8.95 Å². The molecule has 0 saturated heterocycles. The SMILES string of the molecule is COc1cc(Br)c(C(Cl)Cc2ccc(Br)cc2)cc1OC. The van der Waals surface area contributed by atoms with Crippen LogP contribution in [0.2, 0.25) is 0 Å². The first-order valence-corrected chi connectivity index (χ1v) is 8.37. The zero-order valence-electron chi connectivity index (χ0n) is 11.7. The number of rotatable bonds is 5. The van der Waals surface area contributed by atoms with Gasteiger partial charge in [0.1, 0.15) is 0 Å². The minimum Gasteiger partial charge on any atom is -0.493 e. The van der Waals surface area contributed by atoms with Crippen LogP contribution in [0.3, 0.4) is 0 Å². The predicted molar refractivity (Wildman–Crippen MR) is 93.7 cm³/mol. The highest BCUT2D eigenvalue weighted by atomic mass is 79.9. The molecule has 2 aromatic carbocycles. The number of alkyl halides is 1. The summed E-state index contributed by atoms with van der Waals surface area (Å²) in [6.07, 6.45) is 0.739. The molecular weight excluding hydrogens is 419 g/mol. The number of hydrogen-bond donors (Lipinski definition) is 0. The van der Waals surface area contributed by atoms with Gasteiger partial charge in [0.25, 0.3) is 0 Å². The third kappa shape index (κ3) is 4.15. The summed E-state index contributed by atoms with van der Waals surface area (Å²) in [5, 5.41) is -0.152. The smallest absolute Gasteiger partial charge is 0.161 e. The molecule has 0 aliphatic carbocycles. The lowest BCUT2D eigenvalue weighted by molar-refractivity contribution is 0.354. The van der Waals surface area contributed by atoms with Crippen LogP contribution >= 0.6 is 43.5 Å². The standard InChI is InChI=1S/C16H15Br2ClO2/c1-20-15-8-12(13(18)9-16(15)21-2)14(19)7-10-3-5-11(17)6-4-10/h3-6,8-9,14H,7H2,1-2H3. The summed E-state index contributed by atoms with van der Waals surface area (Å²) in [6, 6.07) is 12.0. The lowest BCUT2D eigenvalue weighted by Gasteiger charge is -2.16. The summed E-state index contributed by atoms with van der Waals surface area (Å²) in [5.74, 6) is 1.36. The van der Waals surface area contributed by atoms with E-state index in [-0.39, 0.29) is 5.38 Å². The van der Waals surface area contributed by atoms with Crippen molar-refractivity contribution in [3.8, 4) is 11.5 Å². The van der Waals surface area contributed by atoms with E-state index in [1.54, 1.807) is 14.2 Å². The average Bonchev–Trinajstić information content (AvgIpc) is 2.49. The van der Waals surface area contributed by atoms with E-state index in [9.17, 15) is 0 Å². The molecule has 21 heavy (non-hydrogen) atoms. The number of methoxy groups -OCH3 is 2. The Hall–Kier alpha value is -0.710. The highest BCUT2D eigenvalue weighted by Gasteiger charge is 2.16. The van der Waals surface area contributed by atoms with Crippen molar-refractivity contribution in [1.29, 1.82) is 0 Å². The van der Waals surface area contributed by atoms with Crippen molar-refractivity contribution in [2.24, 2.45) is 0 Å². The Morgan fingerprint density at radius 1 is 1.00 bits per heavy atom. The molecule has 0 saturated carbocycles. The summed E-state index contributed by atoms with van der Waals surface area (Å²) in [7, 11) is 3.23. The Labute approximate surface area is 146 Å². The lowest BCUT2D eigenvalue weighted by Crippen LogP contribution is -1.99. The first-order valence-electron chi connectivity index (χ1n) is 6.35. The molecule has 1 atom stereocenters. The highest BCUT2D eigenvalue weighted by molar-refractivity contribution is 9.10. The van der Waals surface area contributed by atoms with Crippen LogP contribution in [0.5, 0.6) is 11.5 Å². The molecule has 0 aliphatic heterocycles. The van der Waals surface area contributed by atoms with Crippen molar-refractivity contribution < 1.29 is 9.47 Å². The maximum atomic E-state index is 6.57. The van der Waals surface area contributed by atoms with Gasteiger partial charge in [0.15, 0.2) is 11.5 Å². The fourth-order valence-corrected chi connectivity index (χ4v) is 3.40. The molecule has 0 heterocycles. The van der Waals surface area contributed by atoms with Gasteiger partial charge in [-0.25, -0.2) is 0 Å². The molecule has 5 heteroatoms.